The topological polar surface area (TPSA) is 64.8 Å². The number of benzene rings is 2. The summed E-state index contributed by atoms with van der Waals surface area (Å²) < 4.78 is 34.4. The summed E-state index contributed by atoms with van der Waals surface area (Å²) in [5.74, 6) is -0.0470. The maximum Gasteiger partial charge on any atom is 0.387 e. The van der Waals surface area contributed by atoms with Gasteiger partial charge in [0.15, 0.2) is 11.5 Å². The van der Waals surface area contributed by atoms with E-state index in [1.165, 1.54) is 24.1 Å². The molecular formula is C18H21ClF2N2O3. The summed E-state index contributed by atoms with van der Waals surface area (Å²) >= 11 is 0. The maximum atomic E-state index is 12.5. The van der Waals surface area contributed by atoms with Gasteiger partial charge in [0.25, 0.3) is 5.91 Å². The van der Waals surface area contributed by atoms with E-state index in [1.807, 2.05) is 0 Å². The van der Waals surface area contributed by atoms with E-state index >= 15 is 0 Å². The summed E-state index contributed by atoms with van der Waals surface area (Å²) in [7, 11) is 3.01. The molecule has 26 heavy (non-hydrogen) atoms. The molecule has 2 aromatic rings. The molecule has 2 aromatic carbocycles. The highest BCUT2D eigenvalue weighted by Crippen LogP contribution is 2.30. The number of amides is 1. The van der Waals surface area contributed by atoms with E-state index in [9.17, 15) is 13.6 Å². The zero-order chi connectivity index (χ0) is 18.4. The lowest BCUT2D eigenvalue weighted by atomic mass is 10.1. The van der Waals surface area contributed by atoms with Crippen LogP contribution >= 0.6 is 12.4 Å². The van der Waals surface area contributed by atoms with E-state index in [0.717, 1.165) is 5.56 Å². The van der Waals surface area contributed by atoms with E-state index in [2.05, 4.69) is 4.74 Å². The van der Waals surface area contributed by atoms with Crippen LogP contribution in [0.5, 0.6) is 11.5 Å². The van der Waals surface area contributed by atoms with Crippen LogP contribution in [0.4, 0.5) is 8.78 Å². The minimum atomic E-state index is -2.95. The standard InChI is InChI=1S/C18H20F2N2O3.ClH/c1-22(17(23)14-6-3-12(10-21)4-7-14)11-13-5-8-15(24-2)16(9-13)25-18(19)20;/h3-9,18H,10-11,21H2,1-2H3;1H. The predicted octanol–water partition coefficient (Wildman–Crippen LogP) is 3.45. The lowest BCUT2D eigenvalue weighted by Gasteiger charge is -2.19. The van der Waals surface area contributed by atoms with Crippen LogP contribution in [0.3, 0.4) is 0 Å². The molecule has 0 saturated carbocycles. The maximum absolute atomic E-state index is 12.5. The lowest BCUT2D eigenvalue weighted by molar-refractivity contribution is -0.0512. The van der Waals surface area contributed by atoms with Gasteiger partial charge in [-0.3, -0.25) is 4.79 Å². The SMILES string of the molecule is COc1ccc(CN(C)C(=O)c2ccc(CN)cc2)cc1OC(F)F.Cl. The van der Waals surface area contributed by atoms with Gasteiger partial charge in [-0.15, -0.1) is 12.4 Å². The Morgan fingerprint density at radius 1 is 1.12 bits per heavy atom. The Labute approximate surface area is 157 Å². The van der Waals surface area contributed by atoms with Gasteiger partial charge in [0, 0.05) is 25.7 Å². The smallest absolute Gasteiger partial charge is 0.387 e. The van der Waals surface area contributed by atoms with Crippen LogP contribution in [0.15, 0.2) is 42.5 Å². The van der Waals surface area contributed by atoms with E-state index in [4.69, 9.17) is 10.5 Å². The van der Waals surface area contributed by atoms with Crippen molar-refractivity contribution in [3.05, 3.63) is 59.2 Å². The number of alkyl halides is 2. The monoisotopic (exact) mass is 386 g/mol. The molecule has 0 aliphatic carbocycles. The summed E-state index contributed by atoms with van der Waals surface area (Å²) in [6, 6.07) is 11.7. The van der Waals surface area contributed by atoms with Crippen molar-refractivity contribution in [2.75, 3.05) is 14.2 Å². The van der Waals surface area contributed by atoms with Crippen molar-refractivity contribution in [3.63, 3.8) is 0 Å². The van der Waals surface area contributed by atoms with Crippen molar-refractivity contribution >= 4 is 18.3 Å². The average molecular weight is 387 g/mol. The van der Waals surface area contributed by atoms with Crippen molar-refractivity contribution in [1.82, 2.24) is 4.90 Å². The number of ether oxygens (including phenoxy) is 2. The number of nitrogens with two attached hydrogens (primary N) is 1. The molecule has 0 bridgehead atoms. The fraction of sp³-hybridized carbons (Fsp3) is 0.278. The number of rotatable bonds is 7. The van der Waals surface area contributed by atoms with Gasteiger partial charge in [0.1, 0.15) is 0 Å². The number of methoxy groups -OCH3 is 1. The van der Waals surface area contributed by atoms with Crippen molar-refractivity contribution in [2.45, 2.75) is 19.7 Å². The lowest BCUT2D eigenvalue weighted by Crippen LogP contribution is -2.26. The Morgan fingerprint density at radius 2 is 1.73 bits per heavy atom. The molecule has 0 radical (unpaired) electrons. The van der Waals surface area contributed by atoms with E-state index in [1.54, 1.807) is 37.4 Å². The van der Waals surface area contributed by atoms with Crippen molar-refractivity contribution in [1.29, 1.82) is 0 Å². The molecule has 2 N–H and O–H groups in total. The molecule has 0 saturated heterocycles. The van der Waals surface area contributed by atoms with Crippen LogP contribution in [0.1, 0.15) is 21.5 Å². The second-order valence-corrected chi connectivity index (χ2v) is 5.43. The molecule has 1 amide bonds. The Kier molecular flexibility index (Phi) is 8.28. The molecular weight excluding hydrogens is 366 g/mol. The molecule has 5 nitrogen and oxygen atoms in total. The molecule has 0 atom stereocenters. The van der Waals surface area contributed by atoms with Crippen LogP contribution in [0.25, 0.3) is 0 Å². The van der Waals surface area contributed by atoms with Gasteiger partial charge in [-0.2, -0.15) is 8.78 Å². The first kappa shape index (κ1) is 21.7. The highest BCUT2D eigenvalue weighted by molar-refractivity contribution is 5.94. The van der Waals surface area contributed by atoms with Gasteiger partial charge in [0.2, 0.25) is 0 Å². The summed E-state index contributed by atoms with van der Waals surface area (Å²) in [6.07, 6.45) is 0. The largest absolute Gasteiger partial charge is 0.493 e. The molecule has 0 spiro atoms. The molecule has 8 heteroatoms. The van der Waals surface area contributed by atoms with E-state index < -0.39 is 6.61 Å². The van der Waals surface area contributed by atoms with Gasteiger partial charge in [-0.05, 0) is 35.4 Å². The van der Waals surface area contributed by atoms with Crippen LogP contribution in [0, 0.1) is 0 Å². The van der Waals surface area contributed by atoms with Crippen molar-refractivity contribution in [2.24, 2.45) is 5.73 Å². The second-order valence-electron chi connectivity index (χ2n) is 5.43. The summed E-state index contributed by atoms with van der Waals surface area (Å²) in [5, 5.41) is 0. The normalized spacial score (nSPS) is 10.2. The Bertz CT molecular complexity index is 727. The minimum absolute atomic E-state index is 0. The van der Waals surface area contributed by atoms with Crippen molar-refractivity contribution in [3.8, 4) is 11.5 Å². The third-order valence-corrected chi connectivity index (χ3v) is 3.65. The third-order valence-electron chi connectivity index (χ3n) is 3.65. The van der Waals surface area contributed by atoms with E-state index in [-0.39, 0.29) is 36.4 Å². The van der Waals surface area contributed by atoms with Gasteiger partial charge >= 0.3 is 6.61 Å². The highest BCUT2D eigenvalue weighted by Gasteiger charge is 2.15. The van der Waals surface area contributed by atoms with Gasteiger partial charge in [-0.25, -0.2) is 0 Å². The zero-order valence-corrected chi connectivity index (χ0v) is 15.3. The first-order valence-corrected chi connectivity index (χ1v) is 7.60. The number of nitrogens with zero attached hydrogens (tertiary/aromatic N) is 1. The quantitative estimate of drug-likeness (QED) is 0.791. The van der Waals surface area contributed by atoms with E-state index in [0.29, 0.717) is 17.7 Å². The summed E-state index contributed by atoms with van der Waals surface area (Å²) in [6.45, 7) is -2.31. The molecule has 0 fully saturated rings. The molecule has 0 aromatic heterocycles. The van der Waals surface area contributed by atoms with Crippen LogP contribution in [-0.2, 0) is 13.1 Å². The summed E-state index contributed by atoms with van der Waals surface area (Å²) in [4.78, 5) is 13.9. The Hall–Kier alpha value is -2.38. The van der Waals surface area contributed by atoms with Crippen molar-refractivity contribution < 1.29 is 23.0 Å². The molecule has 0 heterocycles. The highest BCUT2D eigenvalue weighted by atomic mass is 35.5. The van der Waals surface area contributed by atoms with Crippen LogP contribution in [-0.4, -0.2) is 31.6 Å². The van der Waals surface area contributed by atoms with Gasteiger partial charge in [0.05, 0.1) is 7.11 Å². The van der Waals surface area contributed by atoms with Crippen LogP contribution in [0.2, 0.25) is 0 Å². The first-order chi connectivity index (χ1) is 11.9. The second kappa shape index (κ2) is 9.94. The predicted molar refractivity (Wildman–Crippen MR) is 97.0 cm³/mol. The number of carbonyl (C=O) groups is 1. The molecule has 2 rings (SSSR count). The Balaban J connectivity index is 0.00000338. The fourth-order valence-electron chi connectivity index (χ4n) is 2.36. The molecule has 0 aliphatic heterocycles. The van der Waals surface area contributed by atoms with Crippen LogP contribution < -0.4 is 15.2 Å². The number of hydrogen-bond acceptors (Lipinski definition) is 4. The molecule has 0 aliphatic rings. The van der Waals surface area contributed by atoms with Gasteiger partial charge in [-0.1, -0.05) is 18.2 Å². The van der Waals surface area contributed by atoms with Gasteiger partial charge < -0.3 is 20.1 Å². The number of carbonyl (C=O) groups excluding carboxylic acids is 1. The fourth-order valence-corrected chi connectivity index (χ4v) is 2.36. The zero-order valence-electron chi connectivity index (χ0n) is 14.4. The minimum Gasteiger partial charge on any atom is -0.493 e. The summed E-state index contributed by atoms with van der Waals surface area (Å²) in [5.41, 5.74) is 7.64. The number of halogens is 3. The average Bonchev–Trinajstić information content (AvgIpc) is 2.61. The molecule has 142 valence electrons. The third kappa shape index (κ3) is 5.57. The molecule has 0 unspecified atom stereocenters. The number of hydrogen-bond donors (Lipinski definition) is 1. The first-order valence-electron chi connectivity index (χ1n) is 7.60. The Morgan fingerprint density at radius 3 is 2.27 bits per heavy atom.